The van der Waals surface area contributed by atoms with Gasteiger partial charge in [0, 0.05) is 4.53 Å². The lowest BCUT2D eigenvalue weighted by Crippen LogP contribution is -2.48. The van der Waals surface area contributed by atoms with Gasteiger partial charge in [0.2, 0.25) is 0 Å². The quantitative estimate of drug-likeness (QED) is 0.394. The molecule has 0 bridgehead atoms. The zero-order valence-corrected chi connectivity index (χ0v) is 13.2. The molecule has 1 unspecified atom stereocenters. The number of ketones is 2. The van der Waals surface area contributed by atoms with Gasteiger partial charge in [0.15, 0.2) is 0 Å². The second-order valence-corrected chi connectivity index (χ2v) is 4.68. The standard InChI is InChI=1S/C8H16O2.C5F6O4/c1-3-5-6-7(4-2)8(9)10;6-4(7,1(12)2(13)15-11)3(14)5(8,9)10/h7H,3-6H2,1-2H3,(H,9,10);. The Morgan fingerprint density at radius 2 is 1.52 bits per heavy atom. The molecule has 0 saturated heterocycles. The molecule has 0 radical (unpaired) electrons. The van der Waals surface area contributed by atoms with E-state index in [0.29, 0.717) is 0 Å². The number of halogens is 6. The number of unbranched alkanes of at least 4 members (excludes halogenated alkanes) is 1. The van der Waals surface area contributed by atoms with Gasteiger partial charge < -0.3 is 5.11 Å². The average molecular weight is 382 g/mol. The first kappa shape index (κ1) is 25.1. The van der Waals surface area contributed by atoms with Gasteiger partial charge in [-0.2, -0.15) is 22.0 Å². The molecule has 0 amide bonds. The van der Waals surface area contributed by atoms with Crippen LogP contribution in [0.1, 0.15) is 39.5 Å². The number of carboxylic acid groups (broad SMARTS) is 1. The Morgan fingerprint density at radius 1 is 1.04 bits per heavy atom. The maximum Gasteiger partial charge on any atom is 0.456 e. The van der Waals surface area contributed by atoms with Gasteiger partial charge in [0.05, 0.1) is 5.92 Å². The fourth-order valence-corrected chi connectivity index (χ4v) is 1.40. The smallest absolute Gasteiger partial charge is 0.456 e. The largest absolute Gasteiger partial charge is 0.481 e. The highest BCUT2D eigenvalue weighted by Gasteiger charge is 2.62. The molecule has 0 heterocycles. The van der Waals surface area contributed by atoms with Crippen molar-refractivity contribution in [1.82, 2.24) is 0 Å². The summed E-state index contributed by atoms with van der Waals surface area (Å²) in [6, 6.07) is 0. The van der Waals surface area contributed by atoms with Crippen molar-refractivity contribution >= 4 is 23.5 Å². The maximum atomic E-state index is 12.3. The van der Waals surface area contributed by atoms with E-state index in [1.807, 2.05) is 11.9 Å². The van der Waals surface area contributed by atoms with Gasteiger partial charge in [-0.25, -0.2) is 9.74 Å². The van der Waals surface area contributed by atoms with E-state index in [-0.39, 0.29) is 5.92 Å². The molecule has 0 aromatic heterocycles. The van der Waals surface area contributed by atoms with Crippen molar-refractivity contribution in [2.24, 2.45) is 5.92 Å². The third-order valence-electron chi connectivity index (χ3n) is 2.83. The van der Waals surface area contributed by atoms with Crippen LogP contribution in [-0.4, -0.2) is 40.7 Å². The summed E-state index contributed by atoms with van der Waals surface area (Å²) in [7, 11) is 0. The molecular weight excluding hydrogens is 366 g/mol. The lowest BCUT2D eigenvalue weighted by Gasteiger charge is -2.12. The van der Waals surface area contributed by atoms with Gasteiger partial charge in [-0.3, -0.25) is 14.4 Å². The Balaban J connectivity index is 0. The van der Waals surface area contributed by atoms with Crippen LogP contribution in [0.25, 0.3) is 0 Å². The Hall–Kier alpha value is -2.14. The number of carbonyl (C=O) groups excluding carboxylic acids is 3. The van der Waals surface area contributed by atoms with E-state index in [1.165, 1.54) is 0 Å². The van der Waals surface area contributed by atoms with Crippen LogP contribution in [0.5, 0.6) is 0 Å². The summed E-state index contributed by atoms with van der Waals surface area (Å²) < 4.78 is 69.8. The Kier molecular flexibility index (Phi) is 10.7. The molecule has 0 aliphatic heterocycles. The van der Waals surface area contributed by atoms with Crippen molar-refractivity contribution in [3.63, 3.8) is 0 Å². The van der Waals surface area contributed by atoms with Crippen molar-refractivity contribution in [2.75, 3.05) is 0 Å². The summed E-state index contributed by atoms with van der Waals surface area (Å²) in [5, 5.41) is 8.60. The molecule has 0 aliphatic carbocycles. The SMILES string of the molecule is CCCCC(CC)C(=O)O.O=C(OF)C(=O)C(F)(F)C(=O)C(F)(F)F. The molecule has 0 aromatic carbocycles. The van der Waals surface area contributed by atoms with Crippen LogP contribution in [0.3, 0.4) is 0 Å². The monoisotopic (exact) mass is 382 g/mol. The molecule has 0 aliphatic rings. The Morgan fingerprint density at radius 3 is 1.80 bits per heavy atom. The average Bonchev–Trinajstić information content (AvgIpc) is 2.52. The minimum Gasteiger partial charge on any atom is -0.481 e. The lowest BCUT2D eigenvalue weighted by atomic mass is 10.00. The minimum absolute atomic E-state index is 0.111. The molecule has 0 rings (SSSR count). The van der Waals surface area contributed by atoms with Crippen LogP contribution in [0, 0.1) is 5.92 Å². The van der Waals surface area contributed by atoms with Crippen molar-refractivity contribution < 1.29 is 55.7 Å². The van der Waals surface area contributed by atoms with Gasteiger partial charge in [0.1, 0.15) is 0 Å². The number of aliphatic carboxylic acids is 1. The van der Waals surface area contributed by atoms with E-state index in [4.69, 9.17) is 5.11 Å². The summed E-state index contributed by atoms with van der Waals surface area (Å²) >= 11 is 0. The number of carbonyl (C=O) groups is 4. The van der Waals surface area contributed by atoms with Crippen molar-refractivity contribution in [1.29, 1.82) is 0 Å². The fourth-order valence-electron chi connectivity index (χ4n) is 1.40. The van der Waals surface area contributed by atoms with Crippen LogP contribution in [0.15, 0.2) is 0 Å². The Labute approximate surface area is 138 Å². The number of hydrogen-bond acceptors (Lipinski definition) is 5. The van der Waals surface area contributed by atoms with Crippen LogP contribution in [0.2, 0.25) is 0 Å². The van der Waals surface area contributed by atoms with Gasteiger partial charge in [-0.1, -0.05) is 26.7 Å². The molecule has 0 aromatic rings. The van der Waals surface area contributed by atoms with Gasteiger partial charge >= 0.3 is 35.6 Å². The highest BCUT2D eigenvalue weighted by Crippen LogP contribution is 2.28. The molecule has 1 atom stereocenters. The molecule has 0 spiro atoms. The first-order chi connectivity index (χ1) is 11.3. The zero-order chi connectivity index (χ0) is 20.4. The molecule has 25 heavy (non-hydrogen) atoms. The van der Waals surface area contributed by atoms with E-state index in [9.17, 15) is 45.7 Å². The van der Waals surface area contributed by atoms with Gasteiger partial charge in [0.25, 0.3) is 0 Å². The van der Waals surface area contributed by atoms with Crippen LogP contribution >= 0.6 is 0 Å². The summed E-state index contributed by atoms with van der Waals surface area (Å²) in [5.74, 6) is -16.3. The lowest BCUT2D eigenvalue weighted by molar-refractivity contribution is -0.205. The predicted molar refractivity (Wildman–Crippen MR) is 69.2 cm³/mol. The molecule has 1 N–H and O–H groups in total. The molecule has 12 heteroatoms. The van der Waals surface area contributed by atoms with Crippen LogP contribution in [-0.2, 0) is 24.1 Å². The minimum atomic E-state index is -6.03. The third kappa shape index (κ3) is 8.49. The second-order valence-electron chi connectivity index (χ2n) is 4.68. The van der Waals surface area contributed by atoms with E-state index in [1.54, 1.807) is 0 Å². The number of hydrogen-bond donors (Lipinski definition) is 1. The van der Waals surface area contributed by atoms with Crippen LogP contribution < -0.4 is 0 Å². The number of carboxylic acids is 1. The topological polar surface area (TPSA) is 97.7 Å². The molecule has 146 valence electrons. The van der Waals surface area contributed by atoms with Gasteiger partial charge in [-0.05, 0) is 12.8 Å². The molecular formula is C13H16F6O6. The van der Waals surface area contributed by atoms with E-state index >= 15 is 0 Å². The van der Waals surface area contributed by atoms with E-state index < -0.39 is 35.6 Å². The number of alkyl halides is 5. The highest BCUT2D eigenvalue weighted by molar-refractivity contribution is 6.41. The second kappa shape index (κ2) is 10.7. The maximum absolute atomic E-state index is 12.3. The Bertz CT molecular complexity index is 488. The highest BCUT2D eigenvalue weighted by atomic mass is 19.4. The van der Waals surface area contributed by atoms with E-state index in [2.05, 4.69) is 6.92 Å². The first-order valence-corrected chi connectivity index (χ1v) is 6.86. The summed E-state index contributed by atoms with van der Waals surface area (Å²) in [5.41, 5.74) is 0. The van der Waals surface area contributed by atoms with Crippen LogP contribution in [0.4, 0.5) is 26.5 Å². The fraction of sp³-hybridized carbons (Fsp3) is 0.692. The molecule has 0 fully saturated rings. The first-order valence-electron chi connectivity index (χ1n) is 6.86. The normalized spacial score (nSPS) is 12.5. The number of rotatable bonds is 8. The summed E-state index contributed by atoms with van der Waals surface area (Å²) in [6.07, 6.45) is -2.32. The third-order valence-corrected chi connectivity index (χ3v) is 2.83. The molecule has 6 nitrogen and oxygen atoms in total. The summed E-state index contributed by atoms with van der Waals surface area (Å²) in [6.45, 7) is 4.00. The number of Topliss-reactive ketones (excluding diaryl/α,β-unsaturated/α-hetero) is 2. The van der Waals surface area contributed by atoms with Crippen molar-refractivity contribution in [2.45, 2.75) is 51.6 Å². The zero-order valence-electron chi connectivity index (χ0n) is 13.2. The van der Waals surface area contributed by atoms with Crippen molar-refractivity contribution in [3.8, 4) is 0 Å². The molecule has 0 saturated carbocycles. The summed E-state index contributed by atoms with van der Waals surface area (Å²) in [4.78, 5) is 42.3. The van der Waals surface area contributed by atoms with Crippen molar-refractivity contribution in [3.05, 3.63) is 0 Å². The van der Waals surface area contributed by atoms with Gasteiger partial charge in [-0.15, -0.1) is 0 Å². The predicted octanol–water partition coefficient (Wildman–Crippen LogP) is 3.04. The van der Waals surface area contributed by atoms with E-state index in [0.717, 1.165) is 25.7 Å².